The average Bonchev–Trinajstić information content (AvgIpc) is 2.76. The number of nitrogens with zero attached hydrogens (tertiary/aromatic N) is 1. The van der Waals surface area contributed by atoms with E-state index in [9.17, 15) is 8.42 Å². The fourth-order valence-corrected chi connectivity index (χ4v) is 3.60. The van der Waals surface area contributed by atoms with Gasteiger partial charge >= 0.3 is 7.12 Å². The molecular formula is C17H20BNO4S. The van der Waals surface area contributed by atoms with Crippen LogP contribution < -0.4 is 5.46 Å². The molecule has 0 aliphatic carbocycles. The van der Waals surface area contributed by atoms with Gasteiger partial charge in [-0.1, -0.05) is 18.2 Å². The first kappa shape index (κ1) is 17.1. The second kappa shape index (κ2) is 5.69. The van der Waals surface area contributed by atoms with E-state index in [1.165, 1.54) is 12.3 Å². The summed E-state index contributed by atoms with van der Waals surface area (Å²) in [5.74, 6) is 0. The molecule has 0 bridgehead atoms. The Morgan fingerprint density at radius 3 is 2.00 bits per heavy atom. The lowest BCUT2D eigenvalue weighted by Gasteiger charge is -2.32. The van der Waals surface area contributed by atoms with Crippen LogP contribution in [0.1, 0.15) is 27.7 Å². The van der Waals surface area contributed by atoms with Crippen molar-refractivity contribution < 1.29 is 17.7 Å². The van der Waals surface area contributed by atoms with E-state index in [-0.39, 0.29) is 9.92 Å². The monoisotopic (exact) mass is 345 g/mol. The molecule has 2 heterocycles. The molecule has 1 fully saturated rings. The maximum absolute atomic E-state index is 12.5. The van der Waals surface area contributed by atoms with E-state index in [4.69, 9.17) is 9.31 Å². The van der Waals surface area contributed by atoms with E-state index in [0.29, 0.717) is 0 Å². The molecule has 0 saturated carbocycles. The molecule has 0 unspecified atom stereocenters. The zero-order valence-electron chi connectivity index (χ0n) is 14.2. The summed E-state index contributed by atoms with van der Waals surface area (Å²) in [5.41, 5.74) is -0.0825. The smallest absolute Gasteiger partial charge is 0.399 e. The number of aromatic nitrogens is 1. The topological polar surface area (TPSA) is 65.5 Å². The molecule has 1 aliphatic heterocycles. The van der Waals surface area contributed by atoms with Crippen LogP contribution in [-0.2, 0) is 19.1 Å². The van der Waals surface area contributed by atoms with Crippen molar-refractivity contribution in [2.45, 2.75) is 48.8 Å². The largest absolute Gasteiger partial charge is 0.494 e. The fraction of sp³-hybridized carbons (Fsp3) is 0.353. The molecule has 1 aliphatic rings. The highest BCUT2D eigenvalue weighted by Crippen LogP contribution is 2.36. The van der Waals surface area contributed by atoms with Gasteiger partial charge in [0.05, 0.1) is 16.1 Å². The van der Waals surface area contributed by atoms with Gasteiger partial charge in [0.25, 0.3) is 0 Å². The summed E-state index contributed by atoms with van der Waals surface area (Å²) < 4.78 is 37.0. The molecule has 1 aromatic carbocycles. The van der Waals surface area contributed by atoms with Crippen molar-refractivity contribution in [1.29, 1.82) is 0 Å². The summed E-state index contributed by atoms with van der Waals surface area (Å²) in [5, 5.41) is 0.0355. The molecular weight excluding hydrogens is 325 g/mol. The molecule has 0 spiro atoms. The van der Waals surface area contributed by atoms with E-state index < -0.39 is 28.2 Å². The maximum Gasteiger partial charge on any atom is 0.494 e. The van der Waals surface area contributed by atoms with Gasteiger partial charge in [0.2, 0.25) is 9.84 Å². The van der Waals surface area contributed by atoms with Crippen molar-refractivity contribution in [3.05, 3.63) is 48.7 Å². The van der Waals surface area contributed by atoms with E-state index in [0.717, 1.165) is 5.46 Å². The number of sulfone groups is 1. The number of benzene rings is 1. The first-order valence-electron chi connectivity index (χ1n) is 7.75. The average molecular weight is 345 g/mol. The van der Waals surface area contributed by atoms with Crippen molar-refractivity contribution in [3.8, 4) is 0 Å². The van der Waals surface area contributed by atoms with Crippen molar-refractivity contribution in [2.75, 3.05) is 0 Å². The Morgan fingerprint density at radius 2 is 1.50 bits per heavy atom. The third-order valence-electron chi connectivity index (χ3n) is 4.63. The summed E-state index contributed by atoms with van der Waals surface area (Å²) in [4.78, 5) is 4.12. The van der Waals surface area contributed by atoms with Crippen LogP contribution in [0.3, 0.4) is 0 Å². The van der Waals surface area contributed by atoms with Gasteiger partial charge in [-0.15, -0.1) is 0 Å². The van der Waals surface area contributed by atoms with E-state index in [1.54, 1.807) is 36.4 Å². The molecule has 24 heavy (non-hydrogen) atoms. The quantitative estimate of drug-likeness (QED) is 0.798. The molecule has 0 amide bonds. The number of rotatable bonds is 3. The summed E-state index contributed by atoms with van der Waals surface area (Å²) in [7, 11) is -4.13. The van der Waals surface area contributed by atoms with Crippen molar-refractivity contribution in [1.82, 2.24) is 4.98 Å². The van der Waals surface area contributed by atoms with Crippen LogP contribution in [-0.4, -0.2) is 31.7 Å². The Labute approximate surface area is 143 Å². The summed E-state index contributed by atoms with van der Waals surface area (Å²) in [6.07, 6.45) is 1.46. The molecule has 3 rings (SSSR count). The van der Waals surface area contributed by atoms with E-state index in [2.05, 4.69) is 4.98 Å². The summed E-state index contributed by atoms with van der Waals surface area (Å²) in [6.45, 7) is 7.92. The van der Waals surface area contributed by atoms with Gasteiger partial charge < -0.3 is 9.31 Å². The molecule has 1 aromatic heterocycles. The molecule has 126 valence electrons. The minimum atomic E-state index is -3.62. The van der Waals surface area contributed by atoms with E-state index >= 15 is 0 Å². The van der Waals surface area contributed by atoms with E-state index in [1.807, 2.05) is 27.7 Å². The van der Waals surface area contributed by atoms with Crippen LogP contribution >= 0.6 is 0 Å². The lowest BCUT2D eigenvalue weighted by atomic mass is 9.79. The summed E-state index contributed by atoms with van der Waals surface area (Å²) in [6, 6.07) is 11.4. The Hall–Kier alpha value is -1.70. The first-order valence-corrected chi connectivity index (χ1v) is 9.23. The van der Waals surface area contributed by atoms with Gasteiger partial charge in [0.1, 0.15) is 0 Å². The van der Waals surface area contributed by atoms with Crippen molar-refractivity contribution in [2.24, 2.45) is 0 Å². The predicted octanol–water partition coefficient (Wildman–Crippen LogP) is 2.21. The highest BCUT2D eigenvalue weighted by Gasteiger charge is 2.51. The third kappa shape index (κ3) is 2.87. The zero-order chi connectivity index (χ0) is 17.6. The van der Waals surface area contributed by atoms with Crippen LogP contribution in [0.5, 0.6) is 0 Å². The van der Waals surface area contributed by atoms with Crippen LogP contribution in [0, 0.1) is 0 Å². The molecule has 0 N–H and O–H groups in total. The van der Waals surface area contributed by atoms with Crippen LogP contribution in [0.2, 0.25) is 0 Å². The standard InChI is InChI=1S/C17H20BNO4S/c1-16(2)17(3,4)23-18(22-16)13-8-10-14(11-9-13)24(20,21)15-7-5-6-12-19-15/h5-12H,1-4H3. The zero-order valence-corrected chi connectivity index (χ0v) is 15.0. The predicted molar refractivity (Wildman–Crippen MR) is 91.8 cm³/mol. The SMILES string of the molecule is CC1(C)OB(c2ccc(S(=O)(=O)c3ccccn3)cc2)OC1(C)C. The highest BCUT2D eigenvalue weighted by atomic mass is 32.2. The fourth-order valence-electron chi connectivity index (χ4n) is 2.41. The van der Waals surface area contributed by atoms with Crippen LogP contribution in [0.15, 0.2) is 58.6 Å². The van der Waals surface area contributed by atoms with Crippen molar-refractivity contribution in [3.63, 3.8) is 0 Å². The molecule has 0 radical (unpaired) electrons. The Kier molecular flexibility index (Phi) is 4.06. The van der Waals surface area contributed by atoms with Gasteiger partial charge in [-0.05, 0) is 57.4 Å². The van der Waals surface area contributed by atoms with Gasteiger partial charge in [-0.2, -0.15) is 0 Å². The molecule has 1 saturated heterocycles. The van der Waals surface area contributed by atoms with Crippen LogP contribution in [0.4, 0.5) is 0 Å². The van der Waals surface area contributed by atoms with Crippen LogP contribution in [0.25, 0.3) is 0 Å². The van der Waals surface area contributed by atoms with Gasteiger partial charge in [-0.25, -0.2) is 13.4 Å². The highest BCUT2D eigenvalue weighted by molar-refractivity contribution is 7.91. The Bertz CT molecular complexity index is 817. The minimum absolute atomic E-state index is 0.0355. The maximum atomic E-state index is 12.5. The minimum Gasteiger partial charge on any atom is -0.399 e. The molecule has 7 heteroatoms. The Morgan fingerprint density at radius 1 is 0.917 bits per heavy atom. The number of hydrogen-bond donors (Lipinski definition) is 0. The van der Waals surface area contributed by atoms with Gasteiger partial charge in [-0.3, -0.25) is 0 Å². The second-order valence-electron chi connectivity index (χ2n) is 6.83. The van der Waals surface area contributed by atoms with Gasteiger partial charge in [0.15, 0.2) is 5.03 Å². The summed E-state index contributed by atoms with van der Waals surface area (Å²) >= 11 is 0. The third-order valence-corrected chi connectivity index (χ3v) is 6.31. The van der Waals surface area contributed by atoms with Gasteiger partial charge in [0, 0.05) is 6.20 Å². The Balaban J connectivity index is 1.88. The molecule has 5 nitrogen and oxygen atoms in total. The molecule has 2 aromatic rings. The van der Waals surface area contributed by atoms with Crippen molar-refractivity contribution >= 4 is 22.4 Å². The number of hydrogen-bond acceptors (Lipinski definition) is 5. The number of pyridine rings is 1. The first-order chi connectivity index (χ1) is 11.1. The lowest BCUT2D eigenvalue weighted by Crippen LogP contribution is -2.41. The normalized spacial score (nSPS) is 19.4. The lowest BCUT2D eigenvalue weighted by molar-refractivity contribution is 0.00578. The molecule has 0 atom stereocenters. The second-order valence-corrected chi connectivity index (χ2v) is 8.73.